The molecular formula is C8H19NO. The van der Waals surface area contributed by atoms with E-state index in [0.717, 1.165) is 19.4 Å². The largest absolute Gasteiger partial charge is 0.364 e. The summed E-state index contributed by atoms with van der Waals surface area (Å²) < 4.78 is 5.27. The van der Waals surface area contributed by atoms with Crippen LogP contribution in [-0.4, -0.2) is 12.8 Å². The Morgan fingerprint density at radius 3 is 2.50 bits per heavy atom. The highest BCUT2D eigenvalue weighted by atomic mass is 16.5. The van der Waals surface area contributed by atoms with E-state index >= 15 is 0 Å². The first-order chi connectivity index (χ1) is 4.81. The standard InChI is InChI=1S/C8H19NO/c1-3-5-6-8(9)10-7-4-2/h8H,3-7,9H2,1-2H3. The van der Waals surface area contributed by atoms with Gasteiger partial charge in [0.2, 0.25) is 0 Å². The second kappa shape index (κ2) is 7.03. The Balaban J connectivity index is 3.00. The Hall–Kier alpha value is -0.0800. The summed E-state index contributed by atoms with van der Waals surface area (Å²) in [5, 5.41) is 0. The first-order valence-corrected chi connectivity index (χ1v) is 4.18. The van der Waals surface area contributed by atoms with Crippen LogP contribution < -0.4 is 5.73 Å². The van der Waals surface area contributed by atoms with Crippen LogP contribution in [0.1, 0.15) is 39.5 Å². The number of hydrogen-bond acceptors (Lipinski definition) is 2. The van der Waals surface area contributed by atoms with Crippen molar-refractivity contribution in [3.63, 3.8) is 0 Å². The quantitative estimate of drug-likeness (QED) is 0.579. The van der Waals surface area contributed by atoms with Crippen LogP contribution in [0.5, 0.6) is 0 Å². The molecule has 0 aromatic heterocycles. The van der Waals surface area contributed by atoms with Crippen molar-refractivity contribution < 1.29 is 4.74 Å². The van der Waals surface area contributed by atoms with Crippen LogP contribution in [0, 0.1) is 0 Å². The van der Waals surface area contributed by atoms with Gasteiger partial charge in [0, 0.05) is 6.61 Å². The van der Waals surface area contributed by atoms with E-state index in [1.165, 1.54) is 12.8 Å². The molecule has 2 nitrogen and oxygen atoms in total. The van der Waals surface area contributed by atoms with E-state index < -0.39 is 0 Å². The SMILES string of the molecule is CCCCC(N)OCCC. The van der Waals surface area contributed by atoms with Crippen LogP contribution in [0.15, 0.2) is 0 Å². The molecular weight excluding hydrogens is 126 g/mol. The van der Waals surface area contributed by atoms with Crippen molar-refractivity contribution in [2.45, 2.75) is 45.8 Å². The Kier molecular flexibility index (Phi) is 6.98. The van der Waals surface area contributed by atoms with Crippen LogP contribution in [0.4, 0.5) is 0 Å². The van der Waals surface area contributed by atoms with Crippen molar-refractivity contribution >= 4 is 0 Å². The van der Waals surface area contributed by atoms with Gasteiger partial charge >= 0.3 is 0 Å². The lowest BCUT2D eigenvalue weighted by Gasteiger charge is -2.10. The molecule has 1 atom stereocenters. The normalized spacial score (nSPS) is 13.5. The Morgan fingerprint density at radius 2 is 2.00 bits per heavy atom. The first-order valence-electron chi connectivity index (χ1n) is 4.18. The molecule has 0 fully saturated rings. The fourth-order valence-electron chi connectivity index (χ4n) is 0.758. The molecule has 0 rings (SSSR count). The first kappa shape index (κ1) is 9.92. The van der Waals surface area contributed by atoms with Crippen molar-refractivity contribution in [3.05, 3.63) is 0 Å². The molecule has 10 heavy (non-hydrogen) atoms. The average molecular weight is 145 g/mol. The molecule has 1 unspecified atom stereocenters. The van der Waals surface area contributed by atoms with Crippen molar-refractivity contribution in [2.24, 2.45) is 5.73 Å². The lowest BCUT2D eigenvalue weighted by molar-refractivity contribution is 0.0509. The molecule has 2 N–H and O–H groups in total. The third kappa shape index (κ3) is 6.05. The second-order valence-electron chi connectivity index (χ2n) is 2.55. The lowest BCUT2D eigenvalue weighted by Crippen LogP contribution is -2.23. The van der Waals surface area contributed by atoms with Gasteiger partial charge in [-0.05, 0) is 19.3 Å². The molecule has 0 aliphatic rings. The maximum Gasteiger partial charge on any atom is 0.105 e. The molecule has 62 valence electrons. The zero-order valence-corrected chi connectivity index (χ0v) is 7.10. The van der Waals surface area contributed by atoms with Crippen LogP contribution in [0.2, 0.25) is 0 Å². The molecule has 0 saturated carbocycles. The number of unbranched alkanes of at least 4 members (excludes halogenated alkanes) is 1. The third-order valence-electron chi connectivity index (χ3n) is 1.38. The smallest absolute Gasteiger partial charge is 0.105 e. The average Bonchev–Trinajstić information content (AvgIpc) is 1.97. The maximum absolute atomic E-state index is 5.62. The summed E-state index contributed by atoms with van der Waals surface area (Å²) in [7, 11) is 0. The fourth-order valence-corrected chi connectivity index (χ4v) is 0.758. The summed E-state index contributed by atoms with van der Waals surface area (Å²) in [5.74, 6) is 0. The molecule has 0 saturated heterocycles. The molecule has 0 amide bonds. The van der Waals surface area contributed by atoms with Gasteiger partial charge in [-0.2, -0.15) is 0 Å². The summed E-state index contributed by atoms with van der Waals surface area (Å²) in [6, 6.07) is 0. The zero-order valence-electron chi connectivity index (χ0n) is 7.10. The van der Waals surface area contributed by atoms with Crippen LogP contribution in [0.3, 0.4) is 0 Å². The molecule has 0 heterocycles. The van der Waals surface area contributed by atoms with Gasteiger partial charge in [0.05, 0.1) is 0 Å². The highest BCUT2D eigenvalue weighted by Crippen LogP contribution is 1.99. The van der Waals surface area contributed by atoms with Gasteiger partial charge in [-0.15, -0.1) is 0 Å². The number of ether oxygens (including phenoxy) is 1. The van der Waals surface area contributed by atoms with E-state index in [9.17, 15) is 0 Å². The maximum atomic E-state index is 5.62. The van der Waals surface area contributed by atoms with Gasteiger partial charge in [0.1, 0.15) is 6.23 Å². The molecule has 0 bridgehead atoms. The molecule has 0 aromatic carbocycles. The van der Waals surface area contributed by atoms with E-state index in [4.69, 9.17) is 10.5 Å². The van der Waals surface area contributed by atoms with Gasteiger partial charge in [0.25, 0.3) is 0 Å². The summed E-state index contributed by atoms with van der Waals surface area (Å²) in [6.07, 6.45) is 4.39. The predicted octanol–water partition coefficient (Wildman–Crippen LogP) is 1.89. The van der Waals surface area contributed by atoms with Crippen molar-refractivity contribution in [3.8, 4) is 0 Å². The van der Waals surface area contributed by atoms with Crippen LogP contribution in [0.25, 0.3) is 0 Å². The van der Waals surface area contributed by atoms with Gasteiger partial charge in [-0.1, -0.05) is 20.3 Å². The Labute approximate surface area is 63.7 Å². The van der Waals surface area contributed by atoms with E-state index in [1.54, 1.807) is 0 Å². The Morgan fingerprint density at radius 1 is 1.30 bits per heavy atom. The second-order valence-corrected chi connectivity index (χ2v) is 2.55. The Bertz CT molecular complexity index is 58.3. The lowest BCUT2D eigenvalue weighted by atomic mass is 10.2. The third-order valence-corrected chi connectivity index (χ3v) is 1.38. The molecule has 0 aliphatic heterocycles. The van der Waals surface area contributed by atoms with Gasteiger partial charge < -0.3 is 10.5 Å². The zero-order chi connectivity index (χ0) is 7.82. The van der Waals surface area contributed by atoms with Gasteiger partial charge in [-0.25, -0.2) is 0 Å². The molecule has 2 heteroatoms. The molecule has 0 aliphatic carbocycles. The minimum Gasteiger partial charge on any atom is -0.364 e. The highest BCUT2D eigenvalue weighted by Gasteiger charge is 1.98. The molecule has 0 aromatic rings. The minimum atomic E-state index is -0.0279. The summed E-state index contributed by atoms with van der Waals surface area (Å²) in [4.78, 5) is 0. The summed E-state index contributed by atoms with van der Waals surface area (Å²) in [6.45, 7) is 5.05. The van der Waals surface area contributed by atoms with E-state index in [2.05, 4.69) is 13.8 Å². The van der Waals surface area contributed by atoms with Crippen molar-refractivity contribution in [1.29, 1.82) is 0 Å². The van der Waals surface area contributed by atoms with Gasteiger partial charge in [0.15, 0.2) is 0 Å². The number of hydrogen-bond donors (Lipinski definition) is 1. The summed E-state index contributed by atoms with van der Waals surface area (Å²) in [5.41, 5.74) is 5.62. The monoisotopic (exact) mass is 145 g/mol. The van der Waals surface area contributed by atoms with Crippen molar-refractivity contribution in [2.75, 3.05) is 6.61 Å². The highest BCUT2D eigenvalue weighted by molar-refractivity contribution is 4.47. The van der Waals surface area contributed by atoms with E-state index in [1.807, 2.05) is 0 Å². The van der Waals surface area contributed by atoms with Crippen molar-refractivity contribution in [1.82, 2.24) is 0 Å². The van der Waals surface area contributed by atoms with Gasteiger partial charge in [-0.3, -0.25) is 0 Å². The predicted molar refractivity (Wildman–Crippen MR) is 43.7 cm³/mol. The van der Waals surface area contributed by atoms with Crippen LogP contribution >= 0.6 is 0 Å². The topological polar surface area (TPSA) is 35.2 Å². The van der Waals surface area contributed by atoms with E-state index in [0.29, 0.717) is 0 Å². The summed E-state index contributed by atoms with van der Waals surface area (Å²) >= 11 is 0. The molecule has 0 radical (unpaired) electrons. The minimum absolute atomic E-state index is 0.0279. The number of nitrogens with two attached hydrogens (primary N) is 1. The molecule has 0 spiro atoms. The number of rotatable bonds is 6. The van der Waals surface area contributed by atoms with E-state index in [-0.39, 0.29) is 6.23 Å². The van der Waals surface area contributed by atoms with Crippen LogP contribution in [-0.2, 0) is 4.74 Å². The fraction of sp³-hybridized carbons (Fsp3) is 1.00.